The van der Waals surface area contributed by atoms with E-state index in [-0.39, 0.29) is 18.1 Å². The summed E-state index contributed by atoms with van der Waals surface area (Å²) in [6.07, 6.45) is 7.87. The number of likely N-dealkylation sites (tertiary alicyclic amines) is 1. The highest BCUT2D eigenvalue weighted by Crippen LogP contribution is 2.33. The Morgan fingerprint density at radius 3 is 2.85 bits per heavy atom. The molecule has 2 heterocycles. The molecule has 2 fully saturated rings. The van der Waals surface area contributed by atoms with Gasteiger partial charge in [-0.05, 0) is 56.2 Å². The fraction of sp³-hybridized carbons (Fsp3) is 0.625. The van der Waals surface area contributed by atoms with Crippen molar-refractivity contribution in [3.63, 3.8) is 0 Å². The minimum atomic E-state index is -0.321. The molecule has 2 unspecified atom stereocenters. The van der Waals surface area contributed by atoms with E-state index in [4.69, 9.17) is 4.74 Å². The number of aromatic nitrogens is 1. The third kappa shape index (κ3) is 3.01. The number of amides is 1. The smallest absolute Gasteiger partial charge is 0.251 e. The van der Waals surface area contributed by atoms with Gasteiger partial charge < -0.3 is 9.64 Å². The standard InChI is InChI=1S/C16H22N2O2/c1-12(20-11-13-4-5-13)16(19)18-10-2-3-15(18)14-6-8-17-9-7-14/h6-9,12-13,15H,2-5,10-11H2,1H3. The molecule has 0 N–H and O–H groups in total. The average Bonchev–Trinajstić information content (AvgIpc) is 3.19. The lowest BCUT2D eigenvalue weighted by Crippen LogP contribution is -2.38. The Labute approximate surface area is 120 Å². The van der Waals surface area contributed by atoms with Crippen molar-refractivity contribution in [3.05, 3.63) is 30.1 Å². The van der Waals surface area contributed by atoms with E-state index in [2.05, 4.69) is 4.98 Å². The van der Waals surface area contributed by atoms with E-state index in [0.717, 1.165) is 26.0 Å². The van der Waals surface area contributed by atoms with E-state index in [0.29, 0.717) is 5.92 Å². The van der Waals surface area contributed by atoms with E-state index in [1.165, 1.54) is 18.4 Å². The summed E-state index contributed by atoms with van der Waals surface area (Å²) in [6, 6.07) is 4.20. The zero-order valence-electron chi connectivity index (χ0n) is 12.0. The third-order valence-electron chi connectivity index (χ3n) is 4.25. The van der Waals surface area contributed by atoms with Crippen molar-refractivity contribution in [3.8, 4) is 0 Å². The van der Waals surface area contributed by atoms with Crippen LogP contribution in [0.25, 0.3) is 0 Å². The first kappa shape index (κ1) is 13.6. The van der Waals surface area contributed by atoms with Crippen LogP contribution in [0.4, 0.5) is 0 Å². The highest BCUT2D eigenvalue weighted by atomic mass is 16.5. The van der Waals surface area contributed by atoms with Crippen LogP contribution in [0.15, 0.2) is 24.5 Å². The monoisotopic (exact) mass is 274 g/mol. The molecule has 1 amide bonds. The molecule has 20 heavy (non-hydrogen) atoms. The molecule has 4 heteroatoms. The lowest BCUT2D eigenvalue weighted by Gasteiger charge is -2.27. The van der Waals surface area contributed by atoms with Gasteiger partial charge in [0.1, 0.15) is 6.10 Å². The fourth-order valence-corrected chi connectivity index (χ4v) is 2.83. The average molecular weight is 274 g/mol. The summed E-state index contributed by atoms with van der Waals surface area (Å²) in [4.78, 5) is 18.6. The zero-order chi connectivity index (χ0) is 13.9. The van der Waals surface area contributed by atoms with Gasteiger partial charge >= 0.3 is 0 Å². The summed E-state index contributed by atoms with van der Waals surface area (Å²) in [6.45, 7) is 3.45. The van der Waals surface area contributed by atoms with Crippen LogP contribution in [0.5, 0.6) is 0 Å². The number of nitrogens with zero attached hydrogens (tertiary/aromatic N) is 2. The summed E-state index contributed by atoms with van der Waals surface area (Å²) in [5, 5.41) is 0. The minimum absolute atomic E-state index is 0.130. The van der Waals surface area contributed by atoms with Crippen molar-refractivity contribution in [2.45, 2.75) is 44.8 Å². The lowest BCUT2D eigenvalue weighted by atomic mass is 10.1. The van der Waals surface area contributed by atoms with Gasteiger partial charge in [0.25, 0.3) is 5.91 Å². The van der Waals surface area contributed by atoms with Crippen LogP contribution < -0.4 is 0 Å². The van der Waals surface area contributed by atoms with Crippen LogP contribution >= 0.6 is 0 Å². The Balaban J connectivity index is 1.63. The first-order valence-electron chi connectivity index (χ1n) is 7.57. The molecule has 1 aromatic heterocycles. The molecule has 2 aliphatic rings. The Morgan fingerprint density at radius 1 is 1.40 bits per heavy atom. The normalized spacial score (nSPS) is 23.9. The van der Waals surface area contributed by atoms with Gasteiger partial charge in [-0.15, -0.1) is 0 Å². The number of rotatable bonds is 5. The van der Waals surface area contributed by atoms with Crippen LogP contribution in [-0.4, -0.2) is 35.0 Å². The van der Waals surface area contributed by atoms with Gasteiger partial charge in [0, 0.05) is 18.9 Å². The summed E-state index contributed by atoms with van der Waals surface area (Å²) in [5.41, 5.74) is 1.18. The topological polar surface area (TPSA) is 42.4 Å². The zero-order valence-corrected chi connectivity index (χ0v) is 12.0. The molecule has 0 spiro atoms. The van der Waals surface area contributed by atoms with Crippen LogP contribution in [0.1, 0.15) is 44.2 Å². The van der Waals surface area contributed by atoms with E-state index in [1.807, 2.05) is 24.0 Å². The molecule has 1 saturated heterocycles. The van der Waals surface area contributed by atoms with Gasteiger partial charge in [0.15, 0.2) is 0 Å². The Morgan fingerprint density at radius 2 is 2.15 bits per heavy atom. The van der Waals surface area contributed by atoms with Crippen molar-refractivity contribution in [1.82, 2.24) is 9.88 Å². The maximum Gasteiger partial charge on any atom is 0.251 e. The summed E-state index contributed by atoms with van der Waals surface area (Å²) >= 11 is 0. The predicted octanol–water partition coefficient (Wildman–Crippen LogP) is 2.56. The summed E-state index contributed by atoms with van der Waals surface area (Å²) < 4.78 is 5.72. The predicted molar refractivity (Wildman–Crippen MR) is 76.1 cm³/mol. The molecule has 108 valence electrons. The van der Waals surface area contributed by atoms with Crippen molar-refractivity contribution >= 4 is 5.91 Å². The highest BCUT2D eigenvalue weighted by molar-refractivity contribution is 5.81. The molecular weight excluding hydrogens is 252 g/mol. The van der Waals surface area contributed by atoms with E-state index in [9.17, 15) is 4.79 Å². The van der Waals surface area contributed by atoms with Gasteiger partial charge in [0.05, 0.1) is 12.6 Å². The third-order valence-corrected chi connectivity index (χ3v) is 4.25. The molecule has 4 nitrogen and oxygen atoms in total. The number of carbonyl (C=O) groups excluding carboxylic acids is 1. The summed E-state index contributed by atoms with van der Waals surface area (Å²) in [7, 11) is 0. The van der Waals surface area contributed by atoms with Gasteiger partial charge in [0.2, 0.25) is 0 Å². The van der Waals surface area contributed by atoms with Gasteiger partial charge in [-0.25, -0.2) is 0 Å². The van der Waals surface area contributed by atoms with Crippen LogP contribution in [-0.2, 0) is 9.53 Å². The number of hydrogen-bond donors (Lipinski definition) is 0. The van der Waals surface area contributed by atoms with E-state index >= 15 is 0 Å². The molecule has 1 aliphatic heterocycles. The summed E-state index contributed by atoms with van der Waals surface area (Å²) in [5.74, 6) is 0.824. The van der Waals surface area contributed by atoms with Crippen molar-refractivity contribution in [2.75, 3.05) is 13.2 Å². The second kappa shape index (κ2) is 5.92. The SMILES string of the molecule is CC(OCC1CC1)C(=O)N1CCCC1c1ccncc1. The second-order valence-electron chi connectivity index (χ2n) is 5.89. The largest absolute Gasteiger partial charge is 0.368 e. The number of hydrogen-bond acceptors (Lipinski definition) is 3. The molecule has 0 radical (unpaired) electrons. The van der Waals surface area contributed by atoms with Crippen LogP contribution in [0, 0.1) is 5.92 Å². The first-order chi connectivity index (χ1) is 9.75. The van der Waals surface area contributed by atoms with Gasteiger partial charge in [-0.3, -0.25) is 9.78 Å². The molecule has 0 aromatic carbocycles. The Bertz CT molecular complexity index is 459. The van der Waals surface area contributed by atoms with Gasteiger partial charge in [-0.2, -0.15) is 0 Å². The second-order valence-corrected chi connectivity index (χ2v) is 5.89. The van der Waals surface area contributed by atoms with Crippen molar-refractivity contribution < 1.29 is 9.53 Å². The Kier molecular flexibility index (Phi) is 4.01. The number of carbonyl (C=O) groups is 1. The van der Waals surface area contributed by atoms with Crippen LogP contribution in [0.3, 0.4) is 0 Å². The molecule has 0 bridgehead atoms. The van der Waals surface area contributed by atoms with Crippen molar-refractivity contribution in [2.24, 2.45) is 5.92 Å². The maximum absolute atomic E-state index is 12.5. The molecule has 1 aromatic rings. The maximum atomic E-state index is 12.5. The molecule has 2 atom stereocenters. The van der Waals surface area contributed by atoms with E-state index < -0.39 is 0 Å². The van der Waals surface area contributed by atoms with Crippen LogP contribution in [0.2, 0.25) is 0 Å². The lowest BCUT2D eigenvalue weighted by molar-refractivity contribution is -0.143. The number of ether oxygens (including phenoxy) is 1. The minimum Gasteiger partial charge on any atom is -0.368 e. The highest BCUT2D eigenvalue weighted by Gasteiger charge is 2.33. The van der Waals surface area contributed by atoms with Crippen molar-refractivity contribution in [1.29, 1.82) is 0 Å². The fourth-order valence-electron chi connectivity index (χ4n) is 2.83. The first-order valence-corrected chi connectivity index (χ1v) is 7.57. The van der Waals surface area contributed by atoms with E-state index in [1.54, 1.807) is 12.4 Å². The molecular formula is C16H22N2O2. The Hall–Kier alpha value is -1.42. The van der Waals surface area contributed by atoms with Gasteiger partial charge in [-0.1, -0.05) is 0 Å². The molecule has 1 aliphatic carbocycles. The molecule has 1 saturated carbocycles. The quantitative estimate of drug-likeness (QED) is 0.828. The number of pyridine rings is 1. The molecule has 3 rings (SSSR count).